The van der Waals surface area contributed by atoms with Crippen LogP contribution in [0.15, 0.2) is 109 Å². The smallest absolute Gasteiger partial charge is 0.308 e. The third-order valence-corrected chi connectivity index (χ3v) is 7.38. The quantitative estimate of drug-likeness (QED) is 0.256. The van der Waals surface area contributed by atoms with Crippen LogP contribution in [-0.2, 0) is 19.1 Å². The molecule has 10 nitrogen and oxygen atoms in total. The number of rotatable bonds is 8. The molecule has 2 aliphatic heterocycles. The number of esters is 2. The number of nitrogens with zero attached hydrogens (tertiary/aromatic N) is 2. The van der Waals surface area contributed by atoms with E-state index in [0.717, 1.165) is 22.5 Å². The number of para-hydroxylation sites is 2. The summed E-state index contributed by atoms with van der Waals surface area (Å²) in [5.74, 6) is -0.995. The van der Waals surface area contributed by atoms with Crippen molar-refractivity contribution in [3.63, 3.8) is 0 Å². The first-order valence-corrected chi connectivity index (χ1v) is 14.0. The van der Waals surface area contributed by atoms with E-state index >= 15 is 0 Å². The average molecular weight is 593 g/mol. The third kappa shape index (κ3) is 6.39. The van der Waals surface area contributed by atoms with E-state index in [-0.39, 0.29) is 48.7 Å². The molecule has 0 unspecified atom stereocenters. The highest BCUT2D eigenvalue weighted by Gasteiger charge is 2.39. The van der Waals surface area contributed by atoms with Gasteiger partial charge in [-0.2, -0.15) is 0 Å². The van der Waals surface area contributed by atoms with E-state index in [1.165, 1.54) is 24.2 Å². The lowest BCUT2D eigenvalue weighted by molar-refractivity contribution is -0.142. The van der Waals surface area contributed by atoms with Crippen molar-refractivity contribution in [2.24, 2.45) is 0 Å². The van der Waals surface area contributed by atoms with Gasteiger partial charge in [-0.1, -0.05) is 72.8 Å². The molecule has 224 valence electrons. The molecule has 2 N–H and O–H groups in total. The molecular formula is C34H32N4O6. The lowest BCUT2D eigenvalue weighted by Gasteiger charge is -2.26. The van der Waals surface area contributed by atoms with E-state index in [2.05, 4.69) is 10.9 Å². The fraction of sp³-hybridized carbons (Fsp3) is 0.176. The minimum atomic E-state index is -0.378. The van der Waals surface area contributed by atoms with Crippen molar-refractivity contribution in [3.05, 3.63) is 131 Å². The number of anilines is 2. The Kier molecular flexibility index (Phi) is 9.19. The molecule has 0 fully saturated rings. The van der Waals surface area contributed by atoms with Crippen molar-refractivity contribution in [1.29, 1.82) is 0 Å². The summed E-state index contributed by atoms with van der Waals surface area (Å²) < 4.78 is 9.51. The molecule has 0 bridgehead atoms. The second-order valence-corrected chi connectivity index (χ2v) is 10.1. The van der Waals surface area contributed by atoms with Crippen molar-refractivity contribution >= 4 is 35.1 Å². The summed E-state index contributed by atoms with van der Waals surface area (Å²) in [4.78, 5) is 48.6. The summed E-state index contributed by atoms with van der Waals surface area (Å²) in [7, 11) is 2.69. The number of benzene rings is 4. The van der Waals surface area contributed by atoms with Gasteiger partial charge in [0.15, 0.2) is 0 Å². The van der Waals surface area contributed by atoms with Crippen molar-refractivity contribution in [2.75, 3.05) is 25.1 Å². The lowest BCUT2D eigenvalue weighted by atomic mass is 10.0. The molecule has 4 aromatic rings. The van der Waals surface area contributed by atoms with Gasteiger partial charge in [-0.25, -0.2) is 10.0 Å². The van der Waals surface area contributed by atoms with Crippen LogP contribution in [0, 0.1) is 0 Å². The van der Waals surface area contributed by atoms with Gasteiger partial charge in [-0.15, -0.1) is 0 Å². The number of ether oxygens (including phenoxy) is 2. The zero-order chi connectivity index (χ0) is 31.1. The van der Waals surface area contributed by atoms with Crippen LogP contribution in [-0.4, -0.2) is 48.0 Å². The Morgan fingerprint density at radius 3 is 1.27 bits per heavy atom. The number of carbonyl (C=O) groups excluding carboxylic acids is 4. The minimum Gasteiger partial charge on any atom is -0.469 e. The fourth-order valence-electron chi connectivity index (χ4n) is 5.23. The third-order valence-electron chi connectivity index (χ3n) is 7.38. The molecule has 2 amide bonds. The minimum absolute atomic E-state index is 0.110. The number of carbonyl (C=O) groups is 4. The Hall–Kier alpha value is -5.64. The van der Waals surface area contributed by atoms with Crippen LogP contribution in [0.2, 0.25) is 0 Å². The second-order valence-electron chi connectivity index (χ2n) is 10.1. The van der Waals surface area contributed by atoms with Gasteiger partial charge < -0.3 is 9.47 Å². The van der Waals surface area contributed by atoms with E-state index in [4.69, 9.17) is 9.47 Å². The van der Waals surface area contributed by atoms with Crippen LogP contribution < -0.4 is 10.9 Å². The van der Waals surface area contributed by atoms with E-state index in [1.807, 2.05) is 97.1 Å². The number of fused-ring (bicyclic) bond motifs is 2. The molecule has 10 heteroatoms. The first-order valence-electron chi connectivity index (χ1n) is 14.0. The molecule has 2 heterocycles. The summed E-state index contributed by atoms with van der Waals surface area (Å²) in [6, 6.07) is 32.7. The van der Waals surface area contributed by atoms with E-state index < -0.39 is 0 Å². The van der Waals surface area contributed by atoms with Gasteiger partial charge in [0, 0.05) is 11.1 Å². The van der Waals surface area contributed by atoms with Crippen LogP contribution in [0.5, 0.6) is 0 Å². The first-order chi connectivity index (χ1) is 21.4. The molecule has 0 radical (unpaired) electrons. The lowest BCUT2D eigenvalue weighted by Crippen LogP contribution is -2.34. The monoisotopic (exact) mass is 592 g/mol. The summed E-state index contributed by atoms with van der Waals surface area (Å²) in [6.45, 7) is 0. The van der Waals surface area contributed by atoms with E-state index in [0.29, 0.717) is 11.1 Å². The Balaban J connectivity index is 0.000000175. The van der Waals surface area contributed by atoms with Gasteiger partial charge in [-0.3, -0.25) is 30.0 Å². The number of amides is 2. The first kappa shape index (κ1) is 29.8. The van der Waals surface area contributed by atoms with Crippen LogP contribution in [0.4, 0.5) is 11.4 Å². The summed E-state index contributed by atoms with van der Waals surface area (Å²) >= 11 is 0. The number of hydrazine groups is 2. The second kappa shape index (κ2) is 13.6. The highest BCUT2D eigenvalue weighted by molar-refractivity contribution is 6.01. The molecule has 6 rings (SSSR count). The van der Waals surface area contributed by atoms with Gasteiger partial charge >= 0.3 is 11.9 Å². The standard InChI is InChI=1S/2C17H16N2O3/c2*1-22-16(20)11-15-13-9-5-6-10-14(13)17(21)19(15)18-12-7-3-2-4-8-12/h2*2-10,15,18H,11H2,1H3/t2*15-/m00/s1. The maximum absolute atomic E-state index is 12.6. The summed E-state index contributed by atoms with van der Waals surface area (Å²) in [5.41, 5.74) is 10.7. The van der Waals surface area contributed by atoms with E-state index in [9.17, 15) is 19.2 Å². The van der Waals surface area contributed by atoms with Crippen molar-refractivity contribution in [1.82, 2.24) is 10.0 Å². The number of hydrogen-bond donors (Lipinski definition) is 2. The Morgan fingerprint density at radius 1 is 0.568 bits per heavy atom. The van der Waals surface area contributed by atoms with Crippen molar-refractivity contribution in [3.8, 4) is 0 Å². The van der Waals surface area contributed by atoms with Crippen molar-refractivity contribution < 1.29 is 28.7 Å². The molecule has 0 aromatic heterocycles. The average Bonchev–Trinajstić information content (AvgIpc) is 3.47. The van der Waals surface area contributed by atoms with E-state index in [1.54, 1.807) is 12.1 Å². The topological polar surface area (TPSA) is 117 Å². The highest BCUT2D eigenvalue weighted by Crippen LogP contribution is 2.37. The Labute approximate surface area is 255 Å². The van der Waals surface area contributed by atoms with Gasteiger partial charge in [0.1, 0.15) is 0 Å². The Morgan fingerprint density at radius 2 is 0.909 bits per heavy atom. The van der Waals surface area contributed by atoms with Crippen LogP contribution in [0.1, 0.15) is 56.8 Å². The number of nitrogens with one attached hydrogen (secondary N) is 2. The summed E-state index contributed by atoms with van der Waals surface area (Å²) in [6.07, 6.45) is 0.220. The number of methoxy groups -OCH3 is 2. The molecular weight excluding hydrogens is 560 g/mol. The predicted molar refractivity (Wildman–Crippen MR) is 164 cm³/mol. The molecule has 44 heavy (non-hydrogen) atoms. The zero-order valence-electron chi connectivity index (χ0n) is 24.3. The molecule has 0 aliphatic carbocycles. The van der Waals surface area contributed by atoms with Gasteiger partial charge in [0.2, 0.25) is 0 Å². The normalized spacial score (nSPS) is 16.3. The molecule has 0 spiro atoms. The molecule has 4 aromatic carbocycles. The predicted octanol–water partition coefficient (Wildman–Crippen LogP) is 5.55. The van der Waals surface area contributed by atoms with Gasteiger partial charge in [0.05, 0.1) is 50.5 Å². The highest BCUT2D eigenvalue weighted by atomic mass is 16.5. The van der Waals surface area contributed by atoms with Crippen LogP contribution in [0.3, 0.4) is 0 Å². The molecule has 0 saturated heterocycles. The molecule has 0 saturated carbocycles. The summed E-state index contributed by atoms with van der Waals surface area (Å²) in [5, 5.41) is 2.99. The van der Waals surface area contributed by atoms with Crippen LogP contribution in [0.25, 0.3) is 0 Å². The fourth-order valence-corrected chi connectivity index (χ4v) is 5.23. The van der Waals surface area contributed by atoms with Crippen LogP contribution >= 0.6 is 0 Å². The molecule has 2 atom stereocenters. The zero-order valence-corrected chi connectivity index (χ0v) is 24.3. The molecule has 2 aliphatic rings. The van der Waals surface area contributed by atoms with Gasteiger partial charge in [0.25, 0.3) is 11.8 Å². The van der Waals surface area contributed by atoms with Gasteiger partial charge in [-0.05, 0) is 47.5 Å². The van der Waals surface area contributed by atoms with Crippen molar-refractivity contribution in [2.45, 2.75) is 24.9 Å². The Bertz CT molecular complexity index is 1520. The maximum Gasteiger partial charge on any atom is 0.308 e. The largest absolute Gasteiger partial charge is 0.469 e. The number of hydrogen-bond acceptors (Lipinski definition) is 8. The maximum atomic E-state index is 12.6. The SMILES string of the molecule is COC(=O)C[C@H]1c2ccccc2C(=O)N1Nc1ccccc1.COC(=O)C[C@H]1c2ccccc2C(=O)N1Nc1ccccc1.